The Morgan fingerprint density at radius 3 is 2.76 bits per heavy atom. The summed E-state index contributed by atoms with van der Waals surface area (Å²) in [4.78, 5) is 28.1. The predicted molar refractivity (Wildman–Crippen MR) is 137 cm³/mol. The summed E-state index contributed by atoms with van der Waals surface area (Å²) in [6.07, 6.45) is 5.55. The highest BCUT2D eigenvalue weighted by Gasteiger charge is 2.40. The van der Waals surface area contributed by atoms with E-state index in [4.69, 9.17) is 4.74 Å². The van der Waals surface area contributed by atoms with E-state index in [1.54, 1.807) is 16.0 Å². The molecule has 0 spiro atoms. The number of ether oxygens (including phenoxy) is 1. The van der Waals surface area contributed by atoms with Crippen LogP contribution >= 0.6 is 11.8 Å². The van der Waals surface area contributed by atoms with E-state index >= 15 is 4.39 Å². The molecule has 1 amide bonds. The normalized spacial score (nSPS) is 19.1. The van der Waals surface area contributed by atoms with Crippen LogP contribution in [0, 0.1) is 11.6 Å². The Bertz CT molecular complexity index is 1490. The molecule has 0 saturated heterocycles. The van der Waals surface area contributed by atoms with Crippen LogP contribution < -0.4 is 15.2 Å². The number of carbonyl (C=O) groups is 1. The topological polar surface area (TPSA) is 75.0 Å². The first kappa shape index (κ1) is 24.9. The van der Waals surface area contributed by atoms with Gasteiger partial charge in [0.1, 0.15) is 25.1 Å². The number of nitrogens with zero attached hydrogens (tertiary/aromatic N) is 3. The molecule has 2 bridgehead atoms. The highest BCUT2D eigenvalue weighted by atomic mass is 32.2. The molecule has 1 N–H and O–H groups in total. The van der Waals surface area contributed by atoms with Gasteiger partial charge in [-0.05, 0) is 18.1 Å². The van der Waals surface area contributed by atoms with Gasteiger partial charge in [0.05, 0.1) is 0 Å². The summed E-state index contributed by atoms with van der Waals surface area (Å²) in [5.41, 5.74) is 0.581. The first-order valence-electron chi connectivity index (χ1n) is 11.5. The second-order valence-corrected chi connectivity index (χ2v) is 9.75. The molecule has 2 aromatic carbocycles. The average Bonchev–Trinajstić information content (AvgIpc) is 3.04. The number of benzene rings is 2. The van der Waals surface area contributed by atoms with Gasteiger partial charge in [0.2, 0.25) is 5.43 Å². The lowest BCUT2D eigenvalue weighted by atomic mass is 9.92. The molecular formula is C27H25F2N3O4S. The van der Waals surface area contributed by atoms with Crippen LogP contribution in [-0.2, 0) is 5.75 Å². The maximum absolute atomic E-state index is 15.3. The summed E-state index contributed by atoms with van der Waals surface area (Å²) in [5, 5.41) is 12.4. The zero-order chi connectivity index (χ0) is 25.0. The fraction of sp³-hybridized carbons (Fsp3) is 0.259. The Kier molecular flexibility index (Phi) is 6.45. The molecule has 1 atom stereocenters. The van der Waals surface area contributed by atoms with Gasteiger partial charge in [0.15, 0.2) is 23.1 Å². The van der Waals surface area contributed by atoms with Gasteiger partial charge in [-0.1, -0.05) is 37.8 Å². The Morgan fingerprint density at radius 2 is 1.92 bits per heavy atom. The van der Waals surface area contributed by atoms with E-state index in [1.807, 2.05) is 30.3 Å². The van der Waals surface area contributed by atoms with E-state index in [9.17, 15) is 19.1 Å². The zero-order valence-electron chi connectivity index (χ0n) is 19.0. The molecule has 10 heteroatoms. The Balaban J connectivity index is 0.00000280. The Hall–Kier alpha value is -3.79. The highest BCUT2D eigenvalue weighted by molar-refractivity contribution is 7.98. The van der Waals surface area contributed by atoms with Crippen molar-refractivity contribution in [2.75, 3.05) is 24.8 Å². The third-order valence-electron chi connectivity index (χ3n) is 6.68. The second kappa shape index (κ2) is 9.59. The van der Waals surface area contributed by atoms with Crippen LogP contribution in [0.3, 0.4) is 0 Å². The van der Waals surface area contributed by atoms with Gasteiger partial charge in [-0.15, -0.1) is 11.8 Å². The lowest BCUT2D eigenvalue weighted by molar-refractivity contribution is 0.0682. The second-order valence-electron chi connectivity index (χ2n) is 8.73. The average molecular weight is 526 g/mol. The van der Waals surface area contributed by atoms with E-state index in [1.165, 1.54) is 28.7 Å². The molecule has 7 nitrogen and oxygen atoms in total. The largest absolute Gasteiger partial charge is 0.502 e. The van der Waals surface area contributed by atoms with Crippen molar-refractivity contribution in [3.63, 3.8) is 0 Å². The van der Waals surface area contributed by atoms with Crippen molar-refractivity contribution in [3.05, 3.63) is 99.0 Å². The molecule has 37 heavy (non-hydrogen) atoms. The summed E-state index contributed by atoms with van der Waals surface area (Å²) < 4.78 is 37.5. The number of aromatic hydroxyl groups is 1. The summed E-state index contributed by atoms with van der Waals surface area (Å²) in [7, 11) is 0. The Morgan fingerprint density at radius 1 is 1.11 bits per heavy atom. The van der Waals surface area contributed by atoms with E-state index in [-0.39, 0.29) is 43.5 Å². The van der Waals surface area contributed by atoms with E-state index in [0.717, 1.165) is 16.5 Å². The van der Waals surface area contributed by atoms with Crippen molar-refractivity contribution < 1.29 is 23.4 Å². The fourth-order valence-corrected chi connectivity index (χ4v) is 6.10. The third kappa shape index (κ3) is 3.96. The molecule has 6 rings (SSSR count). The maximum atomic E-state index is 15.3. The number of hydrogen-bond acceptors (Lipinski definition) is 6. The van der Waals surface area contributed by atoms with Crippen LogP contribution in [-0.4, -0.2) is 40.4 Å². The number of carbonyl (C=O) groups excluding carboxylic acids is 1. The van der Waals surface area contributed by atoms with Crippen molar-refractivity contribution in [2.24, 2.45) is 0 Å². The molecule has 4 heterocycles. The molecule has 0 saturated carbocycles. The molecular weight excluding hydrogens is 500 g/mol. The van der Waals surface area contributed by atoms with Crippen LogP contribution in [0.25, 0.3) is 0 Å². The molecule has 3 aliphatic heterocycles. The Labute approximate surface area is 216 Å². The van der Waals surface area contributed by atoms with Gasteiger partial charge in [-0.25, -0.2) is 8.78 Å². The van der Waals surface area contributed by atoms with Gasteiger partial charge in [-0.3, -0.25) is 19.3 Å². The fourth-order valence-electron chi connectivity index (χ4n) is 5.00. The zero-order valence-corrected chi connectivity index (χ0v) is 19.8. The maximum Gasteiger partial charge on any atom is 0.277 e. The standard InChI is InChI=1S/C26H21F2N3O4S.CH4/c27-17-12-19-21-16(22(17)28)13-36-20-7-3-2-6-15(20)23(21)31-14-29(9-4-1-5-11-35-19)26(34)24-25(33)18(32)8-10-30(24)31;/h1-3,5-8,10,12,23,33H,4,9,11,13-14H2;1H4/b5-1-;/t23-;/m1./s1. The number of rotatable bonds is 0. The van der Waals surface area contributed by atoms with Crippen LogP contribution in [0.5, 0.6) is 11.5 Å². The summed E-state index contributed by atoms with van der Waals surface area (Å²) in [6.45, 7) is 0.565. The molecule has 0 unspecified atom stereocenters. The van der Waals surface area contributed by atoms with Gasteiger partial charge in [0, 0.05) is 46.6 Å². The minimum Gasteiger partial charge on any atom is -0.502 e. The number of halogens is 2. The first-order valence-corrected chi connectivity index (χ1v) is 12.5. The SMILES string of the molecule is C.O=C1c2c(O)c(=O)ccn2N2CN1CC/C=C\COc1cc(F)c(F)c3c1[C@H]2c1ccccc1SC3. The van der Waals surface area contributed by atoms with Crippen molar-refractivity contribution in [2.45, 2.75) is 30.5 Å². The molecule has 0 aliphatic carbocycles. The molecule has 0 fully saturated rings. The monoisotopic (exact) mass is 525 g/mol. The van der Waals surface area contributed by atoms with Crippen molar-refractivity contribution in [1.29, 1.82) is 0 Å². The van der Waals surface area contributed by atoms with Crippen LogP contribution in [0.15, 0.2) is 64.4 Å². The van der Waals surface area contributed by atoms with E-state index in [2.05, 4.69) is 0 Å². The highest BCUT2D eigenvalue weighted by Crippen LogP contribution is 2.47. The molecule has 3 aromatic rings. The number of pyridine rings is 1. The summed E-state index contributed by atoms with van der Waals surface area (Å²) in [5.74, 6) is -2.70. The van der Waals surface area contributed by atoms with Crippen molar-refractivity contribution >= 4 is 17.7 Å². The van der Waals surface area contributed by atoms with E-state index in [0.29, 0.717) is 18.5 Å². The van der Waals surface area contributed by atoms with Gasteiger partial charge in [0.25, 0.3) is 5.91 Å². The number of fused-ring (bicyclic) bond motifs is 7. The molecule has 0 radical (unpaired) electrons. The molecule has 192 valence electrons. The third-order valence-corrected chi connectivity index (χ3v) is 7.80. The van der Waals surface area contributed by atoms with Gasteiger partial charge in [-0.2, -0.15) is 0 Å². The lowest BCUT2D eigenvalue weighted by Gasteiger charge is -2.44. The number of hydrogen-bond donors (Lipinski definition) is 1. The summed E-state index contributed by atoms with van der Waals surface area (Å²) >= 11 is 1.39. The van der Waals surface area contributed by atoms with Crippen LogP contribution in [0.1, 0.15) is 47.1 Å². The van der Waals surface area contributed by atoms with Crippen LogP contribution in [0.4, 0.5) is 8.78 Å². The number of amides is 1. The minimum absolute atomic E-state index is 0. The smallest absolute Gasteiger partial charge is 0.277 e. The van der Waals surface area contributed by atoms with Crippen LogP contribution in [0.2, 0.25) is 0 Å². The minimum atomic E-state index is -0.998. The van der Waals surface area contributed by atoms with Gasteiger partial charge < -0.3 is 14.7 Å². The summed E-state index contributed by atoms with van der Waals surface area (Å²) in [6, 6.07) is 9.09. The predicted octanol–water partition coefficient (Wildman–Crippen LogP) is 4.55. The van der Waals surface area contributed by atoms with Crippen molar-refractivity contribution in [3.8, 4) is 11.5 Å². The van der Waals surface area contributed by atoms with E-state index < -0.39 is 34.8 Å². The quantitative estimate of drug-likeness (QED) is 0.434. The first-order chi connectivity index (χ1) is 17.5. The lowest BCUT2D eigenvalue weighted by Crippen LogP contribution is -2.55. The molecule has 3 aliphatic rings. The van der Waals surface area contributed by atoms with Crippen molar-refractivity contribution in [1.82, 2.24) is 9.58 Å². The van der Waals surface area contributed by atoms with Gasteiger partial charge >= 0.3 is 0 Å². The number of thioether (sulfide) groups is 1. The number of aromatic nitrogens is 1. The molecule has 1 aromatic heterocycles.